The minimum Gasteiger partial charge on any atom is -0.255 e. The Morgan fingerprint density at radius 2 is 0.659 bits per heavy atom. The van der Waals surface area contributed by atoms with Crippen molar-refractivity contribution in [3.05, 3.63) is 176 Å². The van der Waals surface area contributed by atoms with Crippen molar-refractivity contribution in [1.29, 1.82) is 0 Å². The van der Waals surface area contributed by atoms with Gasteiger partial charge in [-0.15, -0.1) is 0 Å². The molecule has 0 saturated carbocycles. The Hall–Kier alpha value is -6.35. The molecule has 0 fully saturated rings. The quantitative estimate of drug-likeness (QED) is 0.0198. The van der Waals surface area contributed by atoms with Gasteiger partial charge >= 0.3 is 33.2 Å². The molecule has 88 heavy (non-hydrogen) atoms. The predicted molar refractivity (Wildman–Crippen MR) is 333 cm³/mol. The molecule has 0 atom stereocenters. The average Bonchev–Trinajstić information content (AvgIpc) is 0.854. The molecule has 5 aromatic heterocycles. The predicted octanol–water partition coefficient (Wildman–Crippen LogP) is 9.81. The van der Waals surface area contributed by atoms with Crippen LogP contribution >= 0.6 is 9.64 Å². The van der Waals surface area contributed by atoms with Crippen LogP contribution in [0, 0.1) is 0 Å². The van der Waals surface area contributed by atoms with E-state index in [1.165, 1.54) is 23.0 Å². The number of hydrogen-bond donors (Lipinski definition) is 0. The van der Waals surface area contributed by atoms with E-state index in [-0.39, 0.29) is 12.6 Å². The van der Waals surface area contributed by atoms with Crippen molar-refractivity contribution in [1.82, 2.24) is 29.5 Å². The van der Waals surface area contributed by atoms with E-state index in [4.69, 9.17) is 61.6 Å². The molecule has 0 aliphatic heterocycles. The monoisotopic (exact) mass is 1410 g/mol. The third-order valence-corrected chi connectivity index (χ3v) is 12.5. The molecule has 9 aromatic rings. The van der Waals surface area contributed by atoms with Gasteiger partial charge in [0.05, 0.1) is 193 Å². The molecular weight excluding hydrogens is 1330 g/mol. The molecular formula is C66H80ClN6O14Os. The number of imidazole rings is 1. The summed E-state index contributed by atoms with van der Waals surface area (Å²) >= 11 is 1.33. The topological polar surface area (TPSA) is 206 Å². The number of rotatable bonds is 42. The minimum absolute atomic E-state index is 0.165. The molecule has 0 bridgehead atoms. The Balaban J connectivity index is 0.000000384. The summed E-state index contributed by atoms with van der Waals surface area (Å²) in [7, 11) is 4.67. The van der Waals surface area contributed by atoms with Gasteiger partial charge in [-0.05, 0) is 86.9 Å². The Bertz CT molecular complexity index is 2950. The number of nitrogens with zero attached hydrogens (tertiary/aromatic N) is 6. The number of ether oxygens (including phenoxy) is 13. The fourth-order valence-corrected chi connectivity index (χ4v) is 8.35. The van der Waals surface area contributed by atoms with Crippen LogP contribution in [0.1, 0.15) is 10.4 Å². The van der Waals surface area contributed by atoms with Crippen LogP contribution in [0.15, 0.2) is 171 Å². The molecule has 9 rings (SSSR count). The van der Waals surface area contributed by atoms with Crippen molar-refractivity contribution in [3.8, 4) is 22.8 Å². The summed E-state index contributed by atoms with van der Waals surface area (Å²) < 4.78 is 73.7. The number of hydrogen-bond acceptors (Lipinski definition) is 19. The fourth-order valence-electron chi connectivity index (χ4n) is 8.35. The molecule has 0 radical (unpaired) electrons. The number of aromatic nitrogens is 6. The molecule has 0 spiro atoms. The summed E-state index contributed by atoms with van der Waals surface area (Å²) in [6.45, 7) is 12.6. The molecule has 0 saturated heterocycles. The first kappa shape index (κ1) is 70.7. The smallest absolute Gasteiger partial charge is 0.0886 e. The van der Waals surface area contributed by atoms with E-state index in [2.05, 4.69) is 71.0 Å². The van der Waals surface area contributed by atoms with E-state index in [0.29, 0.717) is 164 Å². The molecule has 0 amide bonds. The Labute approximate surface area is 529 Å². The van der Waals surface area contributed by atoms with Crippen LogP contribution in [0.5, 0.6) is 0 Å². The van der Waals surface area contributed by atoms with Gasteiger partial charge in [0.2, 0.25) is 0 Å². The number of pyridine rings is 4. The van der Waals surface area contributed by atoms with Crippen LogP contribution < -0.4 is 0 Å². The van der Waals surface area contributed by atoms with Crippen molar-refractivity contribution >= 4 is 47.9 Å². The van der Waals surface area contributed by atoms with Crippen molar-refractivity contribution in [2.45, 2.75) is 6.54 Å². The summed E-state index contributed by atoms with van der Waals surface area (Å²) in [4.78, 5) is 33.7. The molecule has 4 aromatic carbocycles. The minimum atomic E-state index is -0.356. The van der Waals surface area contributed by atoms with Crippen molar-refractivity contribution in [3.63, 3.8) is 0 Å². The van der Waals surface area contributed by atoms with E-state index in [1.807, 2.05) is 102 Å². The van der Waals surface area contributed by atoms with Crippen LogP contribution in [-0.2, 0) is 85.7 Å². The Morgan fingerprint density at radius 3 is 0.989 bits per heavy atom. The molecule has 473 valence electrons. The van der Waals surface area contributed by atoms with Gasteiger partial charge in [-0.3, -0.25) is 19.9 Å². The van der Waals surface area contributed by atoms with E-state index >= 15 is 0 Å². The van der Waals surface area contributed by atoms with Gasteiger partial charge in [0.15, 0.2) is 0 Å². The fraction of sp³-hybridized carbons (Fsp3) is 0.394. The second-order valence-corrected chi connectivity index (χ2v) is 18.6. The maximum Gasteiger partial charge on any atom is 0.0886 e. The number of carbonyl (C=O) groups is 1. The average molecular weight is 1410 g/mol. The van der Waals surface area contributed by atoms with E-state index in [1.54, 1.807) is 37.3 Å². The summed E-state index contributed by atoms with van der Waals surface area (Å²) in [6, 6.07) is 41.5. The van der Waals surface area contributed by atoms with E-state index in [0.717, 1.165) is 56.3 Å². The third-order valence-electron chi connectivity index (χ3n) is 12.5. The van der Waals surface area contributed by atoms with Gasteiger partial charge in [-0.1, -0.05) is 72.8 Å². The molecule has 0 aliphatic carbocycles. The first-order valence-corrected chi connectivity index (χ1v) is 32.4. The third kappa shape index (κ3) is 28.4. The maximum absolute atomic E-state index is 12.9. The van der Waals surface area contributed by atoms with Crippen LogP contribution in [0.3, 0.4) is 0 Å². The van der Waals surface area contributed by atoms with Crippen LogP contribution in [-0.4, -0.2) is 201 Å². The van der Waals surface area contributed by atoms with Gasteiger partial charge < -0.3 is 66.1 Å². The van der Waals surface area contributed by atoms with Gasteiger partial charge in [0, 0.05) is 43.7 Å². The first-order chi connectivity index (χ1) is 43.7. The molecule has 20 nitrogen and oxygen atoms in total. The summed E-state index contributed by atoms with van der Waals surface area (Å²) in [5, 5.41) is 6.58. The van der Waals surface area contributed by atoms with Crippen molar-refractivity contribution < 1.29 is 84.0 Å². The maximum atomic E-state index is 12.9. The molecule has 0 aliphatic rings. The van der Waals surface area contributed by atoms with E-state index < -0.39 is 0 Å². The SMILES string of the molecule is O=C(OCCOCCOCCOCCOCCOCCOCCOCCOCCOCCOCCOCCOCCn1ccnc1)c1ccc2ccc3cccc4ccc1c2c34.[Cl][Os].c1ccc(-c2ccccn2)nc1.c1ccc(-c2ccccn2)nc1. The van der Waals surface area contributed by atoms with Gasteiger partial charge in [0.1, 0.15) is 6.61 Å². The van der Waals surface area contributed by atoms with Crippen molar-refractivity contribution in [2.24, 2.45) is 0 Å². The zero-order chi connectivity index (χ0) is 61.4. The number of carbonyl (C=O) groups excluding carboxylic acids is 1. The molecule has 5 heterocycles. The zero-order valence-corrected chi connectivity index (χ0v) is 53.0. The standard InChI is InChI=1S/C46H64N2O14.2C10H8N2.ClH.Os/c49-46(43-9-7-41-5-4-39-2-1-3-40-6-8-42(43)45(41)44(39)40)62-37-36-61-35-34-60-33-32-59-31-30-58-29-28-57-27-26-56-25-24-55-23-22-54-21-20-53-19-18-52-17-16-51-15-14-50-13-12-48-11-10-47-38-48;2*1-3-7-11-9(5-1)10-6-2-4-8-12-10;;/h1-11,38H,12-37H2;2*1-8H;1H;/q;;;;+1/p-1. The normalized spacial score (nSPS) is 11.0. The van der Waals surface area contributed by atoms with Crippen LogP contribution in [0.25, 0.3) is 55.1 Å². The zero-order valence-electron chi connectivity index (χ0n) is 49.7. The summed E-state index contributed by atoms with van der Waals surface area (Å²) in [6.07, 6.45) is 12.5. The largest absolute Gasteiger partial charge is 0.255 e. The Morgan fingerprint density at radius 1 is 0.341 bits per heavy atom. The summed E-state index contributed by atoms with van der Waals surface area (Å²) in [5.74, 6) is -0.356. The van der Waals surface area contributed by atoms with Gasteiger partial charge in [0.25, 0.3) is 0 Å². The number of benzene rings is 4. The first-order valence-electron chi connectivity index (χ1n) is 29.2. The molecule has 0 unspecified atom stereocenters. The van der Waals surface area contributed by atoms with E-state index in [9.17, 15) is 4.79 Å². The van der Waals surface area contributed by atoms with Gasteiger partial charge in [-0.2, -0.15) is 0 Å². The second-order valence-electron chi connectivity index (χ2n) is 18.6. The number of esters is 1. The Kier molecular flexibility index (Phi) is 37.5. The molecule has 22 heteroatoms. The molecule has 0 N–H and O–H groups in total. The van der Waals surface area contributed by atoms with Gasteiger partial charge in [-0.25, -0.2) is 9.78 Å². The summed E-state index contributed by atoms with van der Waals surface area (Å²) in [5.41, 5.74) is 4.22. The van der Waals surface area contributed by atoms with Crippen LogP contribution in [0.2, 0.25) is 0 Å². The van der Waals surface area contributed by atoms with Crippen LogP contribution in [0.4, 0.5) is 0 Å². The van der Waals surface area contributed by atoms with Crippen molar-refractivity contribution in [2.75, 3.05) is 165 Å². The number of halogens is 1. The second kappa shape index (κ2) is 46.7.